The Morgan fingerprint density at radius 2 is 0.929 bits per heavy atom. The SMILES string of the molecule is NC(=O)C12C3OC(C4OP(=O)([O-])OC43)C1(C(N)=O)C1OC2C2OP(=O)([O-])OC21. The predicted octanol–water partition coefficient (Wildman–Crippen LogP) is -4.00. The number of carbonyl (C=O) groups excluding carboxylic acids is 2. The summed E-state index contributed by atoms with van der Waals surface area (Å²) >= 11 is 0. The Morgan fingerprint density at radius 1 is 0.679 bits per heavy atom. The average Bonchev–Trinajstić information content (AvgIpc) is 3.29. The van der Waals surface area contributed by atoms with Crippen molar-refractivity contribution < 1.29 is 56.1 Å². The van der Waals surface area contributed by atoms with Crippen molar-refractivity contribution in [1.29, 1.82) is 0 Å². The summed E-state index contributed by atoms with van der Waals surface area (Å²) in [6.07, 6.45) is -10.7. The molecule has 6 fully saturated rings. The van der Waals surface area contributed by atoms with Crippen LogP contribution in [0.1, 0.15) is 0 Å². The molecule has 28 heavy (non-hydrogen) atoms. The van der Waals surface area contributed by atoms with Gasteiger partial charge in [0.15, 0.2) is 0 Å². The summed E-state index contributed by atoms with van der Waals surface area (Å²) in [4.78, 5) is 49.2. The zero-order valence-electron chi connectivity index (χ0n) is 13.6. The number of rotatable bonds is 2. The Bertz CT molecular complexity index is 822. The quantitative estimate of drug-likeness (QED) is 0.394. The normalized spacial score (nSPS) is 65.4. The van der Waals surface area contributed by atoms with Gasteiger partial charge in [0.05, 0.1) is 0 Å². The van der Waals surface area contributed by atoms with Gasteiger partial charge >= 0.3 is 0 Å². The summed E-state index contributed by atoms with van der Waals surface area (Å²) in [7, 11) is -9.42. The molecule has 6 saturated heterocycles. The van der Waals surface area contributed by atoms with E-state index in [1.54, 1.807) is 0 Å². The number of fused-ring (bicyclic) bond motifs is 15. The van der Waals surface area contributed by atoms with Crippen LogP contribution in [0.25, 0.3) is 0 Å². The lowest BCUT2D eigenvalue weighted by atomic mass is 9.47. The highest BCUT2D eigenvalue weighted by atomic mass is 31.2. The number of phosphoric acid groups is 2. The van der Waals surface area contributed by atoms with Crippen molar-refractivity contribution in [2.45, 2.75) is 48.8 Å². The molecule has 0 aromatic rings. The monoisotopic (exact) mass is 438 g/mol. The second-order valence-corrected chi connectivity index (χ2v) is 10.2. The van der Waals surface area contributed by atoms with Crippen LogP contribution in [0.5, 0.6) is 0 Å². The summed E-state index contributed by atoms with van der Waals surface area (Å²) in [5.74, 6) is -2.17. The molecule has 6 aliphatic rings. The van der Waals surface area contributed by atoms with E-state index in [9.17, 15) is 28.5 Å². The van der Waals surface area contributed by atoms with Crippen LogP contribution in [0.3, 0.4) is 0 Å². The van der Waals surface area contributed by atoms with Crippen LogP contribution in [0.2, 0.25) is 0 Å². The molecule has 14 nitrogen and oxygen atoms in total. The van der Waals surface area contributed by atoms with E-state index in [4.69, 9.17) is 39.0 Å². The van der Waals surface area contributed by atoms with Crippen LogP contribution in [-0.4, -0.2) is 60.6 Å². The lowest BCUT2D eigenvalue weighted by Crippen LogP contribution is -2.76. The number of hydrogen-bond donors (Lipinski definition) is 2. The van der Waals surface area contributed by atoms with E-state index in [2.05, 4.69) is 0 Å². The maximum absolute atomic E-state index is 12.8. The van der Waals surface area contributed by atoms with E-state index in [-0.39, 0.29) is 0 Å². The molecule has 16 heteroatoms. The first kappa shape index (κ1) is 17.9. The molecule has 0 aromatic heterocycles. The lowest BCUT2D eigenvalue weighted by molar-refractivity contribution is -0.222. The maximum Gasteiger partial charge on any atom is 0.268 e. The molecule has 2 amide bonds. The fourth-order valence-electron chi connectivity index (χ4n) is 6.12. The molecular weight excluding hydrogens is 426 g/mol. The van der Waals surface area contributed by atoms with Gasteiger partial charge in [-0.1, -0.05) is 0 Å². The first-order chi connectivity index (χ1) is 13.0. The summed E-state index contributed by atoms with van der Waals surface area (Å²) in [5.41, 5.74) is 7.29. The van der Waals surface area contributed by atoms with Gasteiger partial charge in [-0.15, -0.1) is 0 Å². The van der Waals surface area contributed by atoms with Gasteiger partial charge in [-0.05, 0) is 0 Å². The molecule has 0 aliphatic carbocycles. The van der Waals surface area contributed by atoms with Gasteiger partial charge in [0.2, 0.25) is 11.8 Å². The van der Waals surface area contributed by atoms with E-state index >= 15 is 0 Å². The number of hydrogen-bond acceptors (Lipinski definition) is 12. The minimum Gasteiger partial charge on any atom is -0.756 e. The van der Waals surface area contributed by atoms with Gasteiger partial charge in [-0.3, -0.25) is 18.7 Å². The van der Waals surface area contributed by atoms with Crippen molar-refractivity contribution in [2.75, 3.05) is 0 Å². The molecule has 6 aliphatic heterocycles. The minimum absolute atomic E-state index is 1.09. The summed E-state index contributed by atoms with van der Waals surface area (Å²) < 4.78 is 54.9. The summed E-state index contributed by atoms with van der Waals surface area (Å²) in [6, 6.07) is 0. The van der Waals surface area contributed by atoms with Gasteiger partial charge in [-0.25, -0.2) is 0 Å². The van der Waals surface area contributed by atoms with Crippen LogP contribution >= 0.6 is 15.6 Å². The fourth-order valence-corrected chi connectivity index (χ4v) is 8.34. The van der Waals surface area contributed by atoms with Crippen LogP contribution in [-0.2, 0) is 46.3 Å². The van der Waals surface area contributed by atoms with E-state index in [1.807, 2.05) is 0 Å². The highest BCUT2D eigenvalue weighted by Crippen LogP contribution is 2.77. The molecule has 0 spiro atoms. The largest absolute Gasteiger partial charge is 0.756 e. The van der Waals surface area contributed by atoms with Gasteiger partial charge in [0.1, 0.15) is 59.7 Å². The van der Waals surface area contributed by atoms with Crippen LogP contribution in [0.4, 0.5) is 0 Å². The number of amides is 2. The molecule has 0 radical (unpaired) electrons. The smallest absolute Gasteiger partial charge is 0.268 e. The van der Waals surface area contributed by atoms with Crippen LogP contribution in [0.15, 0.2) is 0 Å². The highest BCUT2D eigenvalue weighted by molar-refractivity contribution is 7.46. The number of nitrogens with two attached hydrogens (primary N) is 2. The van der Waals surface area contributed by atoms with Crippen molar-refractivity contribution in [3.05, 3.63) is 0 Å². The summed E-state index contributed by atoms with van der Waals surface area (Å²) in [5, 5.41) is 0. The Labute approximate surface area is 155 Å². The van der Waals surface area contributed by atoms with Gasteiger partial charge in [0, 0.05) is 0 Å². The first-order valence-electron chi connectivity index (χ1n) is 8.24. The predicted molar refractivity (Wildman–Crippen MR) is 75.3 cm³/mol. The maximum atomic E-state index is 12.8. The van der Waals surface area contributed by atoms with E-state index in [0.717, 1.165) is 0 Å². The minimum atomic E-state index is -4.71. The van der Waals surface area contributed by atoms with E-state index < -0.39 is 87.1 Å². The molecule has 8 atom stereocenters. The third kappa shape index (κ3) is 1.58. The number of primary amides is 2. The summed E-state index contributed by atoms with van der Waals surface area (Å²) in [6.45, 7) is 0. The Morgan fingerprint density at radius 3 is 1.14 bits per heavy atom. The number of ether oxygens (including phenoxy) is 2. The Balaban J connectivity index is 1.59. The van der Waals surface area contributed by atoms with Crippen LogP contribution in [0, 0.1) is 10.8 Å². The second kappa shape index (κ2) is 4.70. The molecule has 0 saturated carbocycles. The zero-order chi connectivity index (χ0) is 20.0. The molecular formula is C12H12N2O12P2-2. The number of phosphoric ester groups is 2. The third-order valence-corrected chi connectivity index (χ3v) is 8.73. The van der Waals surface area contributed by atoms with Crippen LogP contribution < -0.4 is 21.3 Å². The van der Waals surface area contributed by atoms with Crippen molar-refractivity contribution in [3.63, 3.8) is 0 Å². The first-order valence-corrected chi connectivity index (χ1v) is 11.2. The molecule has 6 rings (SSSR count). The van der Waals surface area contributed by atoms with E-state index in [0.29, 0.717) is 0 Å². The lowest BCUT2D eigenvalue weighted by Gasteiger charge is -2.50. The van der Waals surface area contributed by atoms with E-state index in [1.165, 1.54) is 0 Å². The Kier molecular flexibility index (Phi) is 3.00. The molecule has 8 unspecified atom stereocenters. The second-order valence-electron chi connectivity index (χ2n) is 7.60. The molecule has 4 bridgehead atoms. The Hall–Kier alpha value is -0.920. The highest BCUT2D eigenvalue weighted by Gasteiger charge is 2.94. The fraction of sp³-hybridized carbons (Fsp3) is 0.833. The standard InChI is InChI=1S/C12H14N2O12P2/c13-9(15)11-5-1-2(24-27(17,18)23-1)6(21-5)12(11,10(14)16)8-4-3(7(11)22-8)25-28(19,20)26-4/h1-8H,(H2,13,15)(H2,14,16)(H,17,18)(H,19,20)/p-2. The molecule has 4 N–H and O–H groups in total. The van der Waals surface area contributed by atoms with Crippen molar-refractivity contribution in [3.8, 4) is 0 Å². The average molecular weight is 438 g/mol. The van der Waals surface area contributed by atoms with Crippen molar-refractivity contribution >= 4 is 27.5 Å². The topological polar surface area (TPSA) is 222 Å². The van der Waals surface area contributed by atoms with Gasteiger partial charge in [-0.2, -0.15) is 0 Å². The van der Waals surface area contributed by atoms with Gasteiger partial charge < -0.3 is 48.8 Å². The third-order valence-electron chi connectivity index (χ3n) is 6.73. The molecule has 0 aromatic carbocycles. The molecule has 6 heterocycles. The van der Waals surface area contributed by atoms with Crippen molar-refractivity contribution in [1.82, 2.24) is 0 Å². The zero-order valence-corrected chi connectivity index (χ0v) is 15.4. The number of carbonyl (C=O) groups is 2. The van der Waals surface area contributed by atoms with Gasteiger partial charge in [0.25, 0.3) is 15.6 Å². The van der Waals surface area contributed by atoms with Crippen molar-refractivity contribution in [2.24, 2.45) is 22.3 Å². The molecule has 154 valence electrons.